The first-order valence-electron chi connectivity index (χ1n) is 4.97. The van der Waals surface area contributed by atoms with Crippen molar-refractivity contribution in [2.45, 2.75) is 6.92 Å². The Morgan fingerprint density at radius 3 is 2.53 bits per heavy atom. The summed E-state index contributed by atoms with van der Waals surface area (Å²) in [6.07, 6.45) is 0. The summed E-state index contributed by atoms with van der Waals surface area (Å²) in [6.45, 7) is 1.68. The Labute approximate surface area is 97.6 Å². The molecule has 5 heteroatoms. The molecule has 90 valence electrons. The Bertz CT molecular complexity index is 582. The minimum atomic E-state index is -1.10. The molecular weight excluding hydrogens is 224 g/mol. The van der Waals surface area contributed by atoms with Crippen molar-refractivity contribution >= 4 is 16.9 Å². The smallest absolute Gasteiger partial charge is 0.372 e. The van der Waals surface area contributed by atoms with Gasteiger partial charge < -0.3 is 19.0 Å². The number of carboxylic acid groups (broad SMARTS) is 1. The number of ether oxygens (including phenoxy) is 2. The van der Waals surface area contributed by atoms with Crippen LogP contribution in [0.25, 0.3) is 11.0 Å². The van der Waals surface area contributed by atoms with Gasteiger partial charge in [-0.2, -0.15) is 0 Å². The van der Waals surface area contributed by atoms with Crippen LogP contribution in [0.1, 0.15) is 16.1 Å². The number of aromatic carboxylic acids is 1. The van der Waals surface area contributed by atoms with Crippen LogP contribution in [0.15, 0.2) is 16.5 Å². The first-order valence-corrected chi connectivity index (χ1v) is 4.97. The summed E-state index contributed by atoms with van der Waals surface area (Å²) >= 11 is 0. The van der Waals surface area contributed by atoms with E-state index in [0.29, 0.717) is 28.0 Å². The molecule has 17 heavy (non-hydrogen) atoms. The fraction of sp³-hybridized carbons (Fsp3) is 0.250. The number of hydrogen-bond acceptors (Lipinski definition) is 4. The highest BCUT2D eigenvalue weighted by Gasteiger charge is 2.20. The first kappa shape index (κ1) is 11.3. The van der Waals surface area contributed by atoms with Crippen LogP contribution in [0, 0.1) is 6.92 Å². The molecule has 5 nitrogen and oxygen atoms in total. The van der Waals surface area contributed by atoms with Crippen LogP contribution in [-0.2, 0) is 0 Å². The average molecular weight is 236 g/mol. The summed E-state index contributed by atoms with van der Waals surface area (Å²) in [7, 11) is 3.04. The van der Waals surface area contributed by atoms with Gasteiger partial charge >= 0.3 is 5.97 Å². The maximum atomic E-state index is 11.0. The summed E-state index contributed by atoms with van der Waals surface area (Å²) in [5.74, 6) is -0.0839. The molecule has 1 N–H and O–H groups in total. The van der Waals surface area contributed by atoms with Gasteiger partial charge in [-0.3, -0.25) is 0 Å². The summed E-state index contributed by atoms with van der Waals surface area (Å²) in [4.78, 5) is 11.0. The highest BCUT2D eigenvalue weighted by atomic mass is 16.5. The van der Waals surface area contributed by atoms with Crippen LogP contribution < -0.4 is 9.47 Å². The predicted octanol–water partition coefficient (Wildman–Crippen LogP) is 2.46. The van der Waals surface area contributed by atoms with Crippen LogP contribution in [0.5, 0.6) is 11.5 Å². The Hall–Kier alpha value is -2.17. The second kappa shape index (κ2) is 4.01. The summed E-state index contributed by atoms with van der Waals surface area (Å²) in [5, 5.41) is 9.65. The van der Waals surface area contributed by atoms with E-state index in [1.165, 1.54) is 14.2 Å². The van der Waals surface area contributed by atoms with E-state index in [1.54, 1.807) is 19.1 Å². The number of carboxylic acids is 1. The molecule has 0 aliphatic carbocycles. The summed E-state index contributed by atoms with van der Waals surface area (Å²) < 4.78 is 15.6. The number of fused-ring (bicyclic) bond motifs is 1. The fourth-order valence-corrected chi connectivity index (χ4v) is 1.80. The van der Waals surface area contributed by atoms with Crippen molar-refractivity contribution < 1.29 is 23.8 Å². The lowest BCUT2D eigenvalue weighted by Crippen LogP contribution is -1.95. The van der Waals surface area contributed by atoms with Gasteiger partial charge in [0.15, 0.2) is 0 Å². The molecule has 0 amide bonds. The Kier molecular flexibility index (Phi) is 2.67. The fourth-order valence-electron chi connectivity index (χ4n) is 1.80. The zero-order valence-corrected chi connectivity index (χ0v) is 9.73. The van der Waals surface area contributed by atoms with Crippen molar-refractivity contribution in [1.82, 2.24) is 0 Å². The third-order valence-electron chi connectivity index (χ3n) is 2.62. The molecule has 0 radical (unpaired) electrons. The van der Waals surface area contributed by atoms with Gasteiger partial charge in [-0.15, -0.1) is 0 Å². The standard InChI is InChI=1S/C12H12O5/c1-6-10-8(16-3)4-7(15-2)5-9(10)17-11(6)12(13)14/h4-5H,1-3H3,(H,13,14). The Balaban J connectivity index is 2.81. The van der Waals surface area contributed by atoms with E-state index in [1.807, 2.05) is 0 Å². The van der Waals surface area contributed by atoms with E-state index in [4.69, 9.17) is 19.0 Å². The first-order chi connectivity index (χ1) is 8.08. The molecule has 0 aliphatic heterocycles. The van der Waals surface area contributed by atoms with Gasteiger partial charge in [-0.25, -0.2) is 4.79 Å². The van der Waals surface area contributed by atoms with Crippen LogP contribution in [0.4, 0.5) is 0 Å². The van der Waals surface area contributed by atoms with Crippen molar-refractivity contribution in [1.29, 1.82) is 0 Å². The van der Waals surface area contributed by atoms with Crippen molar-refractivity contribution in [3.8, 4) is 11.5 Å². The number of hydrogen-bond donors (Lipinski definition) is 1. The number of rotatable bonds is 3. The monoisotopic (exact) mass is 236 g/mol. The molecule has 1 aromatic carbocycles. The summed E-state index contributed by atoms with van der Waals surface area (Å²) in [6, 6.07) is 3.33. The molecule has 1 aromatic heterocycles. The zero-order chi connectivity index (χ0) is 12.6. The predicted molar refractivity (Wildman–Crippen MR) is 61.0 cm³/mol. The molecule has 0 saturated heterocycles. The quantitative estimate of drug-likeness (QED) is 0.886. The van der Waals surface area contributed by atoms with Crippen molar-refractivity contribution in [3.05, 3.63) is 23.5 Å². The Morgan fingerprint density at radius 2 is 2.00 bits per heavy atom. The molecule has 2 aromatic rings. The molecule has 0 spiro atoms. The lowest BCUT2D eigenvalue weighted by atomic mass is 10.1. The van der Waals surface area contributed by atoms with Crippen molar-refractivity contribution in [3.63, 3.8) is 0 Å². The van der Waals surface area contributed by atoms with Gasteiger partial charge in [-0.05, 0) is 6.92 Å². The van der Waals surface area contributed by atoms with E-state index in [2.05, 4.69) is 0 Å². The number of benzene rings is 1. The number of carbonyl (C=O) groups is 1. The normalized spacial score (nSPS) is 10.5. The van der Waals surface area contributed by atoms with Gasteiger partial charge in [0.05, 0.1) is 19.6 Å². The second-order valence-electron chi connectivity index (χ2n) is 3.56. The number of aryl methyl sites for hydroxylation is 1. The molecule has 2 rings (SSSR count). The average Bonchev–Trinajstić information content (AvgIpc) is 2.65. The van der Waals surface area contributed by atoms with Gasteiger partial charge in [0.25, 0.3) is 0 Å². The number of methoxy groups -OCH3 is 2. The highest BCUT2D eigenvalue weighted by Crippen LogP contribution is 2.36. The molecule has 0 aliphatic rings. The molecule has 0 atom stereocenters. The molecule has 1 heterocycles. The molecular formula is C12H12O5. The van der Waals surface area contributed by atoms with E-state index in [0.717, 1.165) is 0 Å². The van der Waals surface area contributed by atoms with E-state index in [-0.39, 0.29) is 5.76 Å². The second-order valence-corrected chi connectivity index (χ2v) is 3.56. The van der Waals surface area contributed by atoms with Crippen LogP contribution >= 0.6 is 0 Å². The minimum Gasteiger partial charge on any atom is -0.496 e. The molecule has 0 bridgehead atoms. The minimum absolute atomic E-state index is 0.0773. The van der Waals surface area contributed by atoms with E-state index >= 15 is 0 Å². The summed E-state index contributed by atoms with van der Waals surface area (Å²) in [5.41, 5.74) is 0.989. The Morgan fingerprint density at radius 1 is 1.29 bits per heavy atom. The third-order valence-corrected chi connectivity index (χ3v) is 2.62. The van der Waals surface area contributed by atoms with E-state index < -0.39 is 5.97 Å². The topological polar surface area (TPSA) is 68.9 Å². The SMILES string of the molecule is COc1cc(OC)c2c(C)c(C(=O)O)oc2c1. The van der Waals surface area contributed by atoms with Crippen molar-refractivity contribution in [2.24, 2.45) is 0 Å². The highest BCUT2D eigenvalue weighted by molar-refractivity contribution is 5.98. The van der Waals surface area contributed by atoms with Gasteiger partial charge in [0.1, 0.15) is 17.1 Å². The third kappa shape index (κ3) is 1.69. The zero-order valence-electron chi connectivity index (χ0n) is 9.73. The van der Waals surface area contributed by atoms with E-state index in [9.17, 15) is 4.79 Å². The maximum absolute atomic E-state index is 11.0. The molecule has 0 unspecified atom stereocenters. The van der Waals surface area contributed by atoms with Crippen molar-refractivity contribution in [2.75, 3.05) is 14.2 Å². The van der Waals surface area contributed by atoms with Crippen LogP contribution in [-0.4, -0.2) is 25.3 Å². The number of furan rings is 1. The lowest BCUT2D eigenvalue weighted by Gasteiger charge is -2.05. The van der Waals surface area contributed by atoms with Gasteiger partial charge in [0.2, 0.25) is 5.76 Å². The maximum Gasteiger partial charge on any atom is 0.372 e. The van der Waals surface area contributed by atoms with Crippen LogP contribution in [0.3, 0.4) is 0 Å². The molecule has 0 saturated carbocycles. The molecule has 0 fully saturated rings. The largest absolute Gasteiger partial charge is 0.496 e. The van der Waals surface area contributed by atoms with Crippen LogP contribution in [0.2, 0.25) is 0 Å². The lowest BCUT2D eigenvalue weighted by molar-refractivity contribution is 0.0664. The van der Waals surface area contributed by atoms with Gasteiger partial charge in [-0.1, -0.05) is 0 Å². The van der Waals surface area contributed by atoms with Gasteiger partial charge in [0, 0.05) is 17.7 Å².